The lowest BCUT2D eigenvalue weighted by molar-refractivity contribution is -0.137. The number of rotatable bonds is 6. The van der Waals surface area contributed by atoms with Gasteiger partial charge in [0.1, 0.15) is 17.9 Å². The Bertz CT molecular complexity index is 1240. The minimum absolute atomic E-state index is 0.131. The van der Waals surface area contributed by atoms with Gasteiger partial charge >= 0.3 is 0 Å². The van der Waals surface area contributed by atoms with Gasteiger partial charge in [0.2, 0.25) is 17.7 Å². The average molecular weight is 563 g/mol. The molecular formula is C32H42N4O5. The van der Waals surface area contributed by atoms with Crippen molar-refractivity contribution < 1.29 is 23.9 Å². The Morgan fingerprint density at radius 3 is 2.46 bits per heavy atom. The molecule has 6 aliphatic rings. The first-order valence-electron chi connectivity index (χ1n) is 15.8. The highest BCUT2D eigenvalue weighted by Gasteiger charge is 2.45. The van der Waals surface area contributed by atoms with E-state index < -0.39 is 6.04 Å². The van der Waals surface area contributed by atoms with Crippen LogP contribution >= 0.6 is 0 Å². The number of piperidine rings is 2. The molecule has 7 rings (SSSR count). The second kappa shape index (κ2) is 10.7. The van der Waals surface area contributed by atoms with Gasteiger partial charge in [-0.2, -0.15) is 0 Å². The molecule has 4 amide bonds. The third kappa shape index (κ3) is 5.15. The molecule has 41 heavy (non-hydrogen) atoms. The van der Waals surface area contributed by atoms with Gasteiger partial charge in [0.25, 0.3) is 5.91 Å². The minimum atomic E-state index is -0.603. The predicted molar refractivity (Wildman–Crippen MR) is 151 cm³/mol. The normalized spacial score (nSPS) is 32.9. The number of imide groups is 1. The highest BCUT2D eigenvalue weighted by molar-refractivity contribution is 6.05. The van der Waals surface area contributed by atoms with Crippen molar-refractivity contribution in [3.8, 4) is 5.75 Å². The van der Waals surface area contributed by atoms with Crippen LogP contribution in [-0.2, 0) is 20.9 Å². The molecule has 0 spiro atoms. The smallest absolute Gasteiger partial charge is 0.255 e. The van der Waals surface area contributed by atoms with Crippen LogP contribution in [0.15, 0.2) is 18.2 Å². The molecule has 5 fully saturated rings. The molecule has 3 unspecified atom stereocenters. The number of nitrogens with zero attached hydrogens (tertiary/aromatic N) is 3. The van der Waals surface area contributed by atoms with Crippen LogP contribution in [0.4, 0.5) is 0 Å². The minimum Gasteiger partial charge on any atom is -0.489 e. The lowest BCUT2D eigenvalue weighted by Gasteiger charge is -2.51. The molecule has 3 saturated heterocycles. The Labute approximate surface area is 241 Å². The maximum atomic E-state index is 13.1. The average Bonchev–Trinajstić information content (AvgIpc) is 3.59. The maximum Gasteiger partial charge on any atom is 0.255 e. The van der Waals surface area contributed by atoms with Gasteiger partial charge in [0, 0.05) is 56.7 Å². The SMILES string of the molecule is CC1CC1C(=O)N1CCC(C2CN([C@@H]3CCCC[C@H]3Oc3ccc4c(c3)CN(C3CCC(=O)NC3=O)C4=O)C2)CC1. The molecule has 220 valence electrons. The summed E-state index contributed by atoms with van der Waals surface area (Å²) in [5, 5.41) is 2.37. The van der Waals surface area contributed by atoms with E-state index in [-0.39, 0.29) is 30.2 Å². The Hall–Kier alpha value is -2.94. The number of ether oxygens (including phenoxy) is 1. The quantitative estimate of drug-likeness (QED) is 0.536. The van der Waals surface area contributed by atoms with Crippen LogP contribution in [0.5, 0.6) is 5.75 Å². The molecule has 1 N–H and O–H groups in total. The molecule has 9 heteroatoms. The van der Waals surface area contributed by atoms with Crippen molar-refractivity contribution in [1.82, 2.24) is 20.0 Å². The van der Waals surface area contributed by atoms with Crippen LogP contribution in [0.25, 0.3) is 0 Å². The molecule has 2 aliphatic carbocycles. The number of fused-ring (bicyclic) bond motifs is 1. The summed E-state index contributed by atoms with van der Waals surface area (Å²) in [6.07, 6.45) is 8.68. The first kappa shape index (κ1) is 26.9. The van der Waals surface area contributed by atoms with Crippen LogP contribution in [-0.4, -0.2) is 82.7 Å². The van der Waals surface area contributed by atoms with Crippen LogP contribution in [0.2, 0.25) is 0 Å². The fraction of sp³-hybridized carbons (Fsp3) is 0.688. The molecule has 1 aromatic carbocycles. The number of amides is 4. The summed E-state index contributed by atoms with van der Waals surface area (Å²) < 4.78 is 6.62. The van der Waals surface area contributed by atoms with Gasteiger partial charge in [0.05, 0.1) is 0 Å². The lowest BCUT2D eigenvalue weighted by atomic mass is 9.77. The van der Waals surface area contributed by atoms with Gasteiger partial charge in [-0.15, -0.1) is 0 Å². The fourth-order valence-corrected chi connectivity index (χ4v) is 8.04. The summed E-state index contributed by atoms with van der Waals surface area (Å²) in [6, 6.07) is 5.51. The molecule has 9 nitrogen and oxygen atoms in total. The number of carbonyl (C=O) groups is 4. The van der Waals surface area contributed by atoms with Crippen LogP contribution < -0.4 is 10.1 Å². The molecular weight excluding hydrogens is 520 g/mol. The van der Waals surface area contributed by atoms with Crippen molar-refractivity contribution in [1.29, 1.82) is 0 Å². The van der Waals surface area contributed by atoms with Gasteiger partial charge in [0.15, 0.2) is 0 Å². The van der Waals surface area contributed by atoms with Crippen molar-refractivity contribution in [2.45, 2.75) is 89.4 Å². The molecule has 5 atom stereocenters. The van der Waals surface area contributed by atoms with E-state index in [1.165, 1.54) is 6.42 Å². The number of hydrogen-bond donors (Lipinski definition) is 1. The Morgan fingerprint density at radius 1 is 0.976 bits per heavy atom. The van der Waals surface area contributed by atoms with E-state index in [0.717, 1.165) is 87.9 Å². The standard InChI is InChI=1S/C32H42N4O5/c1-19-14-25(19)31(39)34-12-10-20(11-13-34)22-16-35(17-22)26-4-2-3-5-28(26)41-23-6-7-24-21(15-23)18-36(32(24)40)27-8-9-29(37)33-30(27)38/h6-7,15,19-20,22,25-28H,2-5,8-14,16-18H2,1H3,(H,33,37,38)/t19?,25?,26-,27?,28-/m1/s1. The molecule has 2 saturated carbocycles. The fourth-order valence-electron chi connectivity index (χ4n) is 8.04. The van der Waals surface area contributed by atoms with Gasteiger partial charge in [-0.1, -0.05) is 13.3 Å². The summed E-state index contributed by atoms with van der Waals surface area (Å²) >= 11 is 0. The van der Waals surface area contributed by atoms with E-state index in [0.29, 0.717) is 42.3 Å². The zero-order chi connectivity index (χ0) is 28.2. The zero-order valence-corrected chi connectivity index (χ0v) is 24.1. The Balaban J connectivity index is 0.935. The van der Waals surface area contributed by atoms with E-state index in [1.807, 2.05) is 18.2 Å². The topological polar surface area (TPSA) is 99.3 Å². The van der Waals surface area contributed by atoms with E-state index in [1.54, 1.807) is 4.90 Å². The summed E-state index contributed by atoms with van der Waals surface area (Å²) in [5.74, 6) is 2.69. The Morgan fingerprint density at radius 2 is 1.73 bits per heavy atom. The number of nitrogens with one attached hydrogen (secondary N) is 1. The summed E-state index contributed by atoms with van der Waals surface area (Å²) in [4.78, 5) is 56.0. The molecule has 0 aromatic heterocycles. The second-order valence-electron chi connectivity index (χ2n) is 13.4. The first-order valence-corrected chi connectivity index (χ1v) is 15.8. The molecule has 0 bridgehead atoms. The van der Waals surface area contributed by atoms with Crippen molar-refractivity contribution in [2.75, 3.05) is 26.2 Å². The number of carbonyl (C=O) groups excluding carboxylic acids is 4. The third-order valence-corrected chi connectivity index (χ3v) is 10.8. The van der Waals surface area contributed by atoms with Crippen molar-refractivity contribution in [2.24, 2.45) is 23.7 Å². The molecule has 1 aromatic rings. The van der Waals surface area contributed by atoms with Crippen molar-refractivity contribution in [3.05, 3.63) is 29.3 Å². The third-order valence-electron chi connectivity index (χ3n) is 10.8. The number of benzene rings is 1. The lowest BCUT2D eigenvalue weighted by Crippen LogP contribution is -2.60. The summed E-state index contributed by atoms with van der Waals surface area (Å²) in [5.41, 5.74) is 1.50. The van der Waals surface area contributed by atoms with Gasteiger partial charge in [-0.3, -0.25) is 29.4 Å². The second-order valence-corrected chi connectivity index (χ2v) is 13.4. The van der Waals surface area contributed by atoms with Gasteiger partial charge in [-0.05, 0) is 86.5 Å². The highest BCUT2D eigenvalue weighted by Crippen LogP contribution is 2.41. The van der Waals surface area contributed by atoms with Crippen molar-refractivity contribution >= 4 is 23.6 Å². The first-order chi connectivity index (χ1) is 19.9. The van der Waals surface area contributed by atoms with E-state index in [4.69, 9.17) is 4.74 Å². The number of hydrogen-bond acceptors (Lipinski definition) is 6. The zero-order valence-electron chi connectivity index (χ0n) is 24.1. The molecule has 4 aliphatic heterocycles. The van der Waals surface area contributed by atoms with Crippen LogP contribution in [0.3, 0.4) is 0 Å². The van der Waals surface area contributed by atoms with Gasteiger partial charge < -0.3 is 14.5 Å². The van der Waals surface area contributed by atoms with E-state index in [9.17, 15) is 19.2 Å². The van der Waals surface area contributed by atoms with Crippen LogP contribution in [0, 0.1) is 23.7 Å². The van der Waals surface area contributed by atoms with E-state index in [2.05, 4.69) is 22.0 Å². The predicted octanol–water partition coefficient (Wildman–Crippen LogP) is 2.96. The largest absolute Gasteiger partial charge is 0.489 e. The number of likely N-dealkylation sites (tertiary alicyclic amines) is 2. The van der Waals surface area contributed by atoms with Crippen LogP contribution in [0.1, 0.15) is 80.6 Å². The molecule has 0 radical (unpaired) electrons. The monoisotopic (exact) mass is 562 g/mol. The maximum absolute atomic E-state index is 13.1. The Kier molecular flexibility index (Phi) is 7.04. The summed E-state index contributed by atoms with van der Waals surface area (Å²) in [6.45, 7) is 6.66. The van der Waals surface area contributed by atoms with Crippen molar-refractivity contribution in [3.63, 3.8) is 0 Å². The summed E-state index contributed by atoms with van der Waals surface area (Å²) in [7, 11) is 0. The van der Waals surface area contributed by atoms with Gasteiger partial charge in [-0.25, -0.2) is 0 Å². The van der Waals surface area contributed by atoms with E-state index >= 15 is 0 Å². The molecule has 4 heterocycles. The highest BCUT2D eigenvalue weighted by atomic mass is 16.5.